The Labute approximate surface area is 138 Å². The summed E-state index contributed by atoms with van der Waals surface area (Å²) in [7, 11) is 0. The van der Waals surface area contributed by atoms with Crippen LogP contribution in [-0.2, 0) is 4.79 Å². The molecule has 1 aromatic rings. The minimum atomic E-state index is -1.14. The molecule has 1 amide bonds. The first-order chi connectivity index (χ1) is 9.31. The zero-order chi connectivity index (χ0) is 15.0. The average molecular weight is 430 g/mol. The highest BCUT2D eigenvalue weighted by molar-refractivity contribution is 14.1. The molecule has 0 aliphatic carbocycles. The van der Waals surface area contributed by atoms with Gasteiger partial charge in [-0.25, -0.2) is 4.79 Å². The normalized spacial score (nSPS) is 22.1. The standard InChI is InChI=1S/C12H10Cl2INO4/c13-5-1-7(10(15)8(14)2-5)11(18)16-4-6(17)3-9(16)12(19)20/h1-2,6,9,17H,3-4H2,(H,19,20)/t6-,9+/m1/s1. The fourth-order valence-electron chi connectivity index (χ4n) is 2.14. The second kappa shape index (κ2) is 6.05. The largest absolute Gasteiger partial charge is 0.480 e. The van der Waals surface area contributed by atoms with Crippen LogP contribution in [0.2, 0.25) is 10.0 Å². The molecule has 1 fully saturated rings. The number of rotatable bonds is 2. The van der Waals surface area contributed by atoms with E-state index in [9.17, 15) is 14.7 Å². The Morgan fingerprint density at radius 3 is 2.60 bits per heavy atom. The van der Waals surface area contributed by atoms with Gasteiger partial charge in [0.15, 0.2) is 0 Å². The molecular formula is C12H10Cl2INO4. The fraction of sp³-hybridized carbons (Fsp3) is 0.333. The summed E-state index contributed by atoms with van der Waals surface area (Å²) in [5.74, 6) is -1.64. The van der Waals surface area contributed by atoms with Gasteiger partial charge in [-0.15, -0.1) is 0 Å². The van der Waals surface area contributed by atoms with Gasteiger partial charge < -0.3 is 15.1 Å². The van der Waals surface area contributed by atoms with Crippen molar-refractivity contribution >= 4 is 57.7 Å². The van der Waals surface area contributed by atoms with Crippen molar-refractivity contribution in [3.05, 3.63) is 31.3 Å². The lowest BCUT2D eigenvalue weighted by atomic mass is 10.1. The Morgan fingerprint density at radius 1 is 1.35 bits per heavy atom. The first-order valence-electron chi connectivity index (χ1n) is 5.67. The Bertz CT molecular complexity index is 581. The Hall–Kier alpha value is -0.570. The first kappa shape index (κ1) is 15.8. The van der Waals surface area contributed by atoms with Crippen molar-refractivity contribution < 1.29 is 19.8 Å². The van der Waals surface area contributed by atoms with Crippen LogP contribution < -0.4 is 0 Å². The maximum atomic E-state index is 12.5. The topological polar surface area (TPSA) is 77.8 Å². The maximum absolute atomic E-state index is 12.5. The molecule has 20 heavy (non-hydrogen) atoms. The summed E-state index contributed by atoms with van der Waals surface area (Å²) in [4.78, 5) is 24.8. The number of carboxylic acids is 1. The highest BCUT2D eigenvalue weighted by Crippen LogP contribution is 2.29. The minimum Gasteiger partial charge on any atom is -0.480 e. The number of aliphatic hydroxyl groups is 1. The predicted octanol–water partition coefficient (Wildman–Crippen LogP) is 2.26. The third-order valence-corrected chi connectivity index (χ3v) is 5.05. The van der Waals surface area contributed by atoms with Gasteiger partial charge in [0, 0.05) is 21.6 Å². The van der Waals surface area contributed by atoms with Gasteiger partial charge in [-0.3, -0.25) is 4.79 Å². The first-order valence-corrected chi connectivity index (χ1v) is 7.51. The molecular weight excluding hydrogens is 420 g/mol. The van der Waals surface area contributed by atoms with Crippen molar-refractivity contribution in [1.29, 1.82) is 0 Å². The number of carbonyl (C=O) groups excluding carboxylic acids is 1. The van der Waals surface area contributed by atoms with E-state index in [-0.39, 0.29) is 18.5 Å². The van der Waals surface area contributed by atoms with Crippen LogP contribution in [0.5, 0.6) is 0 Å². The van der Waals surface area contributed by atoms with Crippen LogP contribution >= 0.6 is 45.8 Å². The van der Waals surface area contributed by atoms with E-state index < -0.39 is 24.0 Å². The lowest BCUT2D eigenvalue weighted by molar-refractivity contribution is -0.141. The van der Waals surface area contributed by atoms with Gasteiger partial charge in [0.25, 0.3) is 5.91 Å². The number of nitrogens with zero attached hydrogens (tertiary/aromatic N) is 1. The molecule has 2 rings (SSSR count). The van der Waals surface area contributed by atoms with Gasteiger partial charge in [-0.2, -0.15) is 0 Å². The van der Waals surface area contributed by atoms with Crippen molar-refractivity contribution in [3.63, 3.8) is 0 Å². The Morgan fingerprint density at radius 2 is 2.00 bits per heavy atom. The van der Waals surface area contributed by atoms with E-state index in [1.807, 2.05) is 22.6 Å². The molecule has 1 aliphatic rings. The molecule has 2 N–H and O–H groups in total. The minimum absolute atomic E-state index is 0.0178. The van der Waals surface area contributed by atoms with Crippen LogP contribution in [0.1, 0.15) is 16.8 Å². The number of halogens is 3. The van der Waals surface area contributed by atoms with Crippen LogP contribution in [0.4, 0.5) is 0 Å². The van der Waals surface area contributed by atoms with Gasteiger partial charge in [-0.1, -0.05) is 23.2 Å². The van der Waals surface area contributed by atoms with Crippen LogP contribution in [0.25, 0.3) is 0 Å². The monoisotopic (exact) mass is 429 g/mol. The van der Waals surface area contributed by atoms with Crippen molar-refractivity contribution in [2.45, 2.75) is 18.6 Å². The summed E-state index contributed by atoms with van der Waals surface area (Å²) >= 11 is 13.8. The highest BCUT2D eigenvalue weighted by Gasteiger charge is 2.39. The summed E-state index contributed by atoms with van der Waals surface area (Å²) in [6.45, 7) is -0.0178. The van der Waals surface area contributed by atoms with Crippen molar-refractivity contribution in [3.8, 4) is 0 Å². The zero-order valence-corrected chi connectivity index (χ0v) is 13.7. The van der Waals surface area contributed by atoms with Crippen LogP contribution in [-0.4, -0.2) is 45.7 Å². The van der Waals surface area contributed by atoms with Crippen molar-refractivity contribution in [1.82, 2.24) is 4.90 Å². The molecule has 0 aromatic heterocycles. The number of likely N-dealkylation sites (tertiary alicyclic amines) is 1. The van der Waals surface area contributed by atoms with Crippen LogP contribution in [0.3, 0.4) is 0 Å². The van der Waals surface area contributed by atoms with E-state index in [4.69, 9.17) is 28.3 Å². The lowest BCUT2D eigenvalue weighted by Crippen LogP contribution is -2.40. The second-order valence-corrected chi connectivity index (χ2v) is 6.37. The number of aliphatic carboxylic acids is 1. The Kier molecular flexibility index (Phi) is 4.78. The number of carbonyl (C=O) groups is 2. The molecule has 8 heteroatoms. The molecule has 0 unspecified atom stereocenters. The molecule has 108 valence electrons. The number of hydrogen-bond donors (Lipinski definition) is 2. The fourth-order valence-corrected chi connectivity index (χ4v) is 3.17. The number of benzene rings is 1. The summed E-state index contributed by atoms with van der Waals surface area (Å²) in [6.07, 6.45) is -0.821. The van der Waals surface area contributed by atoms with Gasteiger partial charge in [-0.05, 0) is 34.7 Å². The smallest absolute Gasteiger partial charge is 0.326 e. The SMILES string of the molecule is O=C(O)[C@@H]1C[C@@H](O)CN1C(=O)c1cc(Cl)cc(Cl)c1I. The number of hydrogen-bond acceptors (Lipinski definition) is 3. The van der Waals surface area contributed by atoms with E-state index in [0.717, 1.165) is 4.90 Å². The van der Waals surface area contributed by atoms with Crippen LogP contribution in [0, 0.1) is 3.57 Å². The maximum Gasteiger partial charge on any atom is 0.326 e. The van der Waals surface area contributed by atoms with Gasteiger partial charge in [0.2, 0.25) is 0 Å². The number of β-amino-alcohol motifs (C(OH)–C–C–N with tert-alkyl or cyclic N) is 1. The molecule has 1 saturated heterocycles. The van der Waals surface area contributed by atoms with Gasteiger partial charge in [0.1, 0.15) is 6.04 Å². The van der Waals surface area contributed by atoms with Gasteiger partial charge >= 0.3 is 5.97 Å². The summed E-state index contributed by atoms with van der Waals surface area (Å²) in [5, 5.41) is 19.3. The van der Waals surface area contributed by atoms with E-state index in [2.05, 4.69) is 0 Å². The molecule has 1 aliphatic heterocycles. The number of aliphatic hydroxyl groups excluding tert-OH is 1. The number of amides is 1. The zero-order valence-electron chi connectivity index (χ0n) is 10.0. The highest BCUT2D eigenvalue weighted by atomic mass is 127. The molecule has 0 bridgehead atoms. The van der Waals surface area contributed by atoms with Crippen molar-refractivity contribution in [2.75, 3.05) is 6.54 Å². The van der Waals surface area contributed by atoms with Crippen LogP contribution in [0.15, 0.2) is 12.1 Å². The number of carboxylic acid groups (broad SMARTS) is 1. The Balaban J connectivity index is 2.38. The quantitative estimate of drug-likeness (QED) is 0.558. The predicted molar refractivity (Wildman–Crippen MR) is 82.3 cm³/mol. The van der Waals surface area contributed by atoms with E-state index in [1.54, 1.807) is 0 Å². The molecule has 0 spiro atoms. The average Bonchev–Trinajstić information content (AvgIpc) is 2.75. The second-order valence-electron chi connectivity index (χ2n) is 4.45. The molecule has 0 radical (unpaired) electrons. The third kappa shape index (κ3) is 3.03. The summed E-state index contributed by atoms with van der Waals surface area (Å²) in [6, 6.07) is 1.92. The molecule has 1 aromatic carbocycles. The lowest BCUT2D eigenvalue weighted by Gasteiger charge is -2.22. The third-order valence-electron chi connectivity index (χ3n) is 3.05. The van der Waals surface area contributed by atoms with E-state index in [0.29, 0.717) is 13.6 Å². The molecule has 0 saturated carbocycles. The molecule has 1 heterocycles. The summed E-state index contributed by atoms with van der Waals surface area (Å²) in [5.41, 5.74) is 0.239. The van der Waals surface area contributed by atoms with Crippen molar-refractivity contribution in [2.24, 2.45) is 0 Å². The van der Waals surface area contributed by atoms with E-state index in [1.165, 1.54) is 12.1 Å². The molecule has 2 atom stereocenters. The molecule has 5 nitrogen and oxygen atoms in total. The summed E-state index contributed by atoms with van der Waals surface area (Å²) < 4.78 is 0.504. The van der Waals surface area contributed by atoms with Gasteiger partial charge in [0.05, 0.1) is 16.7 Å². The van der Waals surface area contributed by atoms with E-state index >= 15 is 0 Å².